The summed E-state index contributed by atoms with van der Waals surface area (Å²) in [6, 6.07) is 0.528. The molecular weight excluding hydrogens is 242 g/mol. The number of methoxy groups -OCH3 is 1. The van der Waals surface area contributed by atoms with Gasteiger partial charge in [0.25, 0.3) is 0 Å². The zero-order chi connectivity index (χ0) is 13.7. The second-order valence-corrected chi connectivity index (χ2v) is 4.77. The molecule has 2 aromatic rings. The van der Waals surface area contributed by atoms with Crippen molar-refractivity contribution in [2.45, 2.75) is 32.5 Å². The molecule has 0 bridgehead atoms. The minimum absolute atomic E-state index is 0.228. The number of hydrogen-bond donors (Lipinski definition) is 1. The van der Waals surface area contributed by atoms with E-state index in [1.165, 1.54) is 0 Å². The number of aromatic nitrogens is 4. The number of imidazole rings is 2. The number of ether oxygens (including phenoxy) is 1. The van der Waals surface area contributed by atoms with Gasteiger partial charge in [-0.25, -0.2) is 9.97 Å². The molecule has 2 unspecified atom stereocenters. The van der Waals surface area contributed by atoms with E-state index < -0.39 is 0 Å². The second-order valence-electron chi connectivity index (χ2n) is 4.77. The van der Waals surface area contributed by atoms with Crippen LogP contribution >= 0.6 is 0 Å². The summed E-state index contributed by atoms with van der Waals surface area (Å²) in [7, 11) is 1.70. The molecule has 6 nitrogen and oxygen atoms in total. The number of nitrogens with one attached hydrogen (secondary N) is 1. The van der Waals surface area contributed by atoms with Crippen LogP contribution < -0.4 is 5.32 Å². The molecule has 6 heteroatoms. The number of anilines is 1. The summed E-state index contributed by atoms with van der Waals surface area (Å²) >= 11 is 0. The van der Waals surface area contributed by atoms with E-state index >= 15 is 0 Å². The lowest BCUT2D eigenvalue weighted by Crippen LogP contribution is -2.24. The van der Waals surface area contributed by atoms with Crippen molar-refractivity contribution in [3.05, 3.63) is 31.1 Å². The Labute approximate surface area is 113 Å². The first-order valence-electron chi connectivity index (χ1n) is 6.44. The molecule has 2 aromatic heterocycles. The van der Waals surface area contributed by atoms with Crippen LogP contribution in [0.1, 0.15) is 19.9 Å². The van der Waals surface area contributed by atoms with Crippen molar-refractivity contribution in [3.63, 3.8) is 0 Å². The first-order valence-corrected chi connectivity index (χ1v) is 6.44. The zero-order valence-corrected chi connectivity index (χ0v) is 11.7. The predicted octanol–water partition coefficient (Wildman–Crippen LogP) is 1.79. The van der Waals surface area contributed by atoms with Gasteiger partial charge in [0.05, 0.1) is 19.0 Å². The quantitative estimate of drug-likeness (QED) is 0.827. The van der Waals surface area contributed by atoms with Crippen LogP contribution in [0.15, 0.2) is 31.1 Å². The predicted molar refractivity (Wildman–Crippen MR) is 74.1 cm³/mol. The molecule has 0 aliphatic rings. The van der Waals surface area contributed by atoms with E-state index in [1.807, 2.05) is 24.9 Å². The van der Waals surface area contributed by atoms with Crippen molar-refractivity contribution in [2.24, 2.45) is 0 Å². The van der Waals surface area contributed by atoms with E-state index in [4.69, 9.17) is 4.74 Å². The fourth-order valence-electron chi connectivity index (χ4n) is 2.08. The molecule has 0 fully saturated rings. The Morgan fingerprint density at radius 2 is 2.16 bits per heavy atom. The van der Waals surface area contributed by atoms with E-state index in [1.54, 1.807) is 13.3 Å². The minimum atomic E-state index is 0.228. The summed E-state index contributed by atoms with van der Waals surface area (Å²) in [6.07, 6.45) is 9.39. The van der Waals surface area contributed by atoms with Crippen LogP contribution in [-0.2, 0) is 11.3 Å². The maximum Gasteiger partial charge on any atom is 0.203 e. The Bertz CT molecular complexity index is 479. The zero-order valence-electron chi connectivity index (χ0n) is 11.7. The lowest BCUT2D eigenvalue weighted by molar-refractivity contribution is 0.190. The van der Waals surface area contributed by atoms with Gasteiger partial charge in [0.15, 0.2) is 0 Å². The smallest absolute Gasteiger partial charge is 0.203 e. The topological polar surface area (TPSA) is 56.9 Å². The third-order valence-electron chi connectivity index (χ3n) is 2.97. The number of nitrogens with zero attached hydrogens (tertiary/aromatic N) is 4. The Morgan fingerprint density at radius 3 is 2.84 bits per heavy atom. The molecule has 0 amide bonds. The van der Waals surface area contributed by atoms with E-state index in [-0.39, 0.29) is 6.04 Å². The average molecular weight is 263 g/mol. The Balaban J connectivity index is 2.01. The highest BCUT2D eigenvalue weighted by Crippen LogP contribution is 2.16. The molecule has 0 spiro atoms. The summed E-state index contributed by atoms with van der Waals surface area (Å²) in [5.41, 5.74) is 0. The van der Waals surface area contributed by atoms with Crippen LogP contribution in [0.3, 0.4) is 0 Å². The van der Waals surface area contributed by atoms with Crippen molar-refractivity contribution in [1.82, 2.24) is 19.1 Å². The van der Waals surface area contributed by atoms with E-state index in [9.17, 15) is 0 Å². The summed E-state index contributed by atoms with van der Waals surface area (Å²) in [5.74, 6) is 0.872. The first-order chi connectivity index (χ1) is 9.20. The van der Waals surface area contributed by atoms with Crippen molar-refractivity contribution < 1.29 is 4.74 Å². The highest BCUT2D eigenvalue weighted by Gasteiger charge is 2.12. The summed E-state index contributed by atoms with van der Waals surface area (Å²) < 4.78 is 9.32. The Kier molecular flexibility index (Phi) is 4.57. The highest BCUT2D eigenvalue weighted by molar-refractivity contribution is 5.28. The third kappa shape index (κ3) is 3.57. The maximum atomic E-state index is 5.13. The van der Waals surface area contributed by atoms with Gasteiger partial charge in [-0.3, -0.25) is 0 Å². The fourth-order valence-corrected chi connectivity index (χ4v) is 2.08. The van der Waals surface area contributed by atoms with Crippen LogP contribution in [0.2, 0.25) is 0 Å². The van der Waals surface area contributed by atoms with Crippen LogP contribution in [-0.4, -0.2) is 38.9 Å². The van der Waals surface area contributed by atoms with Crippen molar-refractivity contribution in [2.75, 3.05) is 19.0 Å². The van der Waals surface area contributed by atoms with E-state index in [0.29, 0.717) is 12.6 Å². The molecule has 0 saturated heterocycles. The second kappa shape index (κ2) is 6.38. The molecule has 2 heterocycles. The fraction of sp³-hybridized carbons (Fsp3) is 0.538. The number of hydrogen-bond acceptors (Lipinski definition) is 4. The molecule has 0 radical (unpaired) electrons. The maximum absolute atomic E-state index is 5.13. The Morgan fingerprint density at radius 1 is 1.32 bits per heavy atom. The normalized spacial score (nSPS) is 14.3. The van der Waals surface area contributed by atoms with Crippen molar-refractivity contribution >= 4 is 5.95 Å². The molecule has 0 saturated carbocycles. The first kappa shape index (κ1) is 13.6. The van der Waals surface area contributed by atoms with Gasteiger partial charge < -0.3 is 19.2 Å². The third-order valence-corrected chi connectivity index (χ3v) is 2.97. The van der Waals surface area contributed by atoms with E-state index in [2.05, 4.69) is 38.3 Å². The summed E-state index contributed by atoms with van der Waals surface area (Å²) in [5, 5.41) is 3.35. The van der Waals surface area contributed by atoms with Crippen LogP contribution in [0.25, 0.3) is 0 Å². The van der Waals surface area contributed by atoms with Gasteiger partial charge in [-0.1, -0.05) is 0 Å². The van der Waals surface area contributed by atoms with Gasteiger partial charge >= 0.3 is 0 Å². The van der Waals surface area contributed by atoms with Gasteiger partial charge in [0, 0.05) is 44.5 Å². The van der Waals surface area contributed by atoms with Gasteiger partial charge in [-0.2, -0.15) is 0 Å². The summed E-state index contributed by atoms with van der Waals surface area (Å²) in [6.45, 7) is 5.75. The van der Waals surface area contributed by atoms with Gasteiger partial charge in [-0.15, -0.1) is 0 Å². The van der Waals surface area contributed by atoms with Crippen LogP contribution in [0.4, 0.5) is 5.95 Å². The van der Waals surface area contributed by atoms with Gasteiger partial charge in [0.1, 0.15) is 0 Å². The van der Waals surface area contributed by atoms with Gasteiger partial charge in [-0.05, 0) is 13.8 Å². The van der Waals surface area contributed by atoms with Crippen molar-refractivity contribution in [1.29, 1.82) is 0 Å². The van der Waals surface area contributed by atoms with E-state index in [0.717, 1.165) is 12.5 Å². The molecule has 2 rings (SSSR count). The van der Waals surface area contributed by atoms with Gasteiger partial charge in [0.2, 0.25) is 5.95 Å². The summed E-state index contributed by atoms with van der Waals surface area (Å²) in [4.78, 5) is 8.42. The molecule has 0 aromatic carbocycles. The molecule has 0 aliphatic heterocycles. The Hall–Kier alpha value is -1.82. The molecule has 2 atom stereocenters. The highest BCUT2D eigenvalue weighted by atomic mass is 16.5. The monoisotopic (exact) mass is 263 g/mol. The largest absolute Gasteiger partial charge is 0.383 e. The SMILES string of the molecule is COCC(C)Nc1nccn1C(C)Cn1ccnc1. The standard InChI is InChI=1S/C13H21N5O/c1-11(9-19-3)16-13-15-5-7-18(13)12(2)8-17-6-4-14-10-17/h4-7,10-12H,8-9H2,1-3H3,(H,15,16). The van der Waals surface area contributed by atoms with Crippen LogP contribution in [0.5, 0.6) is 0 Å². The molecule has 19 heavy (non-hydrogen) atoms. The minimum Gasteiger partial charge on any atom is -0.383 e. The molecular formula is C13H21N5O. The van der Waals surface area contributed by atoms with Crippen molar-refractivity contribution in [3.8, 4) is 0 Å². The number of rotatable bonds is 7. The average Bonchev–Trinajstić information content (AvgIpc) is 3.00. The van der Waals surface area contributed by atoms with Crippen LogP contribution in [0, 0.1) is 0 Å². The lowest BCUT2D eigenvalue weighted by Gasteiger charge is -2.20. The lowest BCUT2D eigenvalue weighted by atomic mass is 10.3. The molecule has 0 aliphatic carbocycles. The molecule has 104 valence electrons. The molecule has 1 N–H and O–H groups in total.